The van der Waals surface area contributed by atoms with E-state index in [1.807, 2.05) is 0 Å². The maximum Gasteiger partial charge on any atom is 0.342 e. The number of rotatable bonds is 3. The molecular formula is C13H12O5. The third-order valence-electron chi connectivity index (χ3n) is 2.88. The van der Waals surface area contributed by atoms with E-state index in [1.54, 1.807) is 12.1 Å². The molecule has 5 heteroatoms. The van der Waals surface area contributed by atoms with Crippen LogP contribution in [0, 0.1) is 0 Å². The van der Waals surface area contributed by atoms with E-state index >= 15 is 0 Å². The summed E-state index contributed by atoms with van der Waals surface area (Å²) < 4.78 is 4.81. The second kappa shape index (κ2) is 4.52. The third kappa shape index (κ3) is 2.07. The standard InChI is InChI=1S/C13H12O5/c1-7(12(15)16)2-3-8-4-5-9-6-18-13(17)10(9)11(8)14/h2,4-5,14H,3,6H2,1H3,(H,15,16)/b7-2+. The number of esters is 1. The summed E-state index contributed by atoms with van der Waals surface area (Å²) in [4.78, 5) is 22.0. The first-order chi connectivity index (χ1) is 8.50. The Balaban J connectivity index is 2.32. The monoisotopic (exact) mass is 248 g/mol. The lowest BCUT2D eigenvalue weighted by atomic mass is 10.0. The molecule has 0 radical (unpaired) electrons. The lowest BCUT2D eigenvalue weighted by Gasteiger charge is -2.05. The number of aliphatic carboxylic acids is 1. The first-order valence-electron chi connectivity index (χ1n) is 5.41. The highest BCUT2D eigenvalue weighted by Gasteiger charge is 2.26. The van der Waals surface area contributed by atoms with Crippen molar-refractivity contribution in [3.05, 3.63) is 40.5 Å². The van der Waals surface area contributed by atoms with Crippen molar-refractivity contribution in [1.82, 2.24) is 0 Å². The van der Waals surface area contributed by atoms with Crippen molar-refractivity contribution in [3.63, 3.8) is 0 Å². The van der Waals surface area contributed by atoms with Gasteiger partial charge in [0.1, 0.15) is 17.9 Å². The molecule has 0 saturated heterocycles. The number of aromatic hydroxyl groups is 1. The molecule has 1 heterocycles. The van der Waals surface area contributed by atoms with Gasteiger partial charge in [0.25, 0.3) is 0 Å². The molecule has 0 spiro atoms. The Morgan fingerprint density at radius 1 is 1.50 bits per heavy atom. The number of ether oxygens (including phenoxy) is 1. The first kappa shape index (κ1) is 12.2. The van der Waals surface area contributed by atoms with Gasteiger partial charge in [-0.1, -0.05) is 18.2 Å². The van der Waals surface area contributed by atoms with Crippen molar-refractivity contribution < 1.29 is 24.5 Å². The molecule has 94 valence electrons. The number of carboxylic acid groups (broad SMARTS) is 1. The van der Waals surface area contributed by atoms with Crippen molar-refractivity contribution >= 4 is 11.9 Å². The van der Waals surface area contributed by atoms with Crippen LogP contribution in [-0.2, 0) is 22.6 Å². The van der Waals surface area contributed by atoms with E-state index in [0.717, 1.165) is 0 Å². The van der Waals surface area contributed by atoms with E-state index in [0.29, 0.717) is 11.1 Å². The van der Waals surface area contributed by atoms with Crippen molar-refractivity contribution in [1.29, 1.82) is 0 Å². The van der Waals surface area contributed by atoms with E-state index < -0.39 is 11.9 Å². The van der Waals surface area contributed by atoms with E-state index in [-0.39, 0.29) is 29.9 Å². The van der Waals surface area contributed by atoms with Crippen LogP contribution in [0.3, 0.4) is 0 Å². The summed E-state index contributed by atoms with van der Waals surface area (Å²) >= 11 is 0. The maximum atomic E-state index is 11.4. The molecule has 0 aliphatic carbocycles. The molecule has 1 aliphatic heterocycles. The summed E-state index contributed by atoms with van der Waals surface area (Å²) in [5.41, 5.74) is 1.54. The van der Waals surface area contributed by atoms with Crippen LogP contribution in [0.1, 0.15) is 28.4 Å². The number of phenolic OH excluding ortho intramolecular Hbond substituents is 1. The molecule has 0 atom stereocenters. The molecule has 0 unspecified atom stereocenters. The van der Waals surface area contributed by atoms with Gasteiger partial charge in [0.2, 0.25) is 0 Å². The zero-order valence-electron chi connectivity index (χ0n) is 9.77. The molecule has 0 saturated carbocycles. The minimum atomic E-state index is -1.00. The highest BCUT2D eigenvalue weighted by molar-refractivity contribution is 5.96. The van der Waals surface area contributed by atoms with Gasteiger partial charge in [0, 0.05) is 11.1 Å². The van der Waals surface area contributed by atoms with Crippen LogP contribution in [0.4, 0.5) is 0 Å². The van der Waals surface area contributed by atoms with E-state index in [1.165, 1.54) is 13.0 Å². The third-order valence-corrected chi connectivity index (χ3v) is 2.88. The van der Waals surface area contributed by atoms with Gasteiger partial charge in [0.05, 0.1) is 0 Å². The molecule has 5 nitrogen and oxygen atoms in total. The number of phenols is 1. The largest absolute Gasteiger partial charge is 0.507 e. The van der Waals surface area contributed by atoms with Crippen LogP contribution < -0.4 is 0 Å². The van der Waals surface area contributed by atoms with Crippen LogP contribution in [0.5, 0.6) is 5.75 Å². The van der Waals surface area contributed by atoms with Crippen LogP contribution in [-0.4, -0.2) is 22.2 Å². The van der Waals surface area contributed by atoms with Gasteiger partial charge in [-0.15, -0.1) is 0 Å². The lowest BCUT2D eigenvalue weighted by molar-refractivity contribution is -0.132. The van der Waals surface area contributed by atoms with Crippen LogP contribution in [0.25, 0.3) is 0 Å². The van der Waals surface area contributed by atoms with Crippen molar-refractivity contribution in [3.8, 4) is 5.75 Å². The zero-order chi connectivity index (χ0) is 13.3. The fraction of sp³-hybridized carbons (Fsp3) is 0.231. The number of cyclic esters (lactones) is 1. The minimum Gasteiger partial charge on any atom is -0.507 e. The molecule has 0 aromatic heterocycles. The second-order valence-corrected chi connectivity index (χ2v) is 4.08. The summed E-state index contributed by atoms with van der Waals surface area (Å²) in [6, 6.07) is 3.38. The van der Waals surface area contributed by atoms with Crippen LogP contribution in [0.2, 0.25) is 0 Å². The summed E-state index contributed by atoms with van der Waals surface area (Å²) in [6.07, 6.45) is 1.74. The van der Waals surface area contributed by atoms with Gasteiger partial charge in [-0.05, 0) is 18.9 Å². The Morgan fingerprint density at radius 2 is 2.22 bits per heavy atom. The summed E-state index contributed by atoms with van der Waals surface area (Å²) in [7, 11) is 0. The number of allylic oxidation sites excluding steroid dienone is 1. The molecule has 0 bridgehead atoms. The molecule has 1 aromatic carbocycles. The van der Waals surface area contributed by atoms with Gasteiger partial charge in [-0.25, -0.2) is 9.59 Å². The number of benzene rings is 1. The quantitative estimate of drug-likeness (QED) is 0.627. The fourth-order valence-corrected chi connectivity index (χ4v) is 1.75. The lowest BCUT2D eigenvalue weighted by Crippen LogP contribution is -1.99. The van der Waals surface area contributed by atoms with Crippen molar-refractivity contribution in [2.45, 2.75) is 20.0 Å². The SMILES string of the molecule is C/C(=C\Cc1ccc2c(c1O)C(=O)OC2)C(=O)O. The predicted octanol–water partition coefficient (Wildman–Crippen LogP) is 1.64. The first-order valence-corrected chi connectivity index (χ1v) is 5.41. The second-order valence-electron chi connectivity index (χ2n) is 4.08. The van der Waals surface area contributed by atoms with E-state index in [9.17, 15) is 14.7 Å². The van der Waals surface area contributed by atoms with E-state index in [4.69, 9.17) is 9.84 Å². The minimum absolute atomic E-state index is 0.121. The maximum absolute atomic E-state index is 11.4. The summed E-state index contributed by atoms with van der Waals surface area (Å²) in [5, 5.41) is 18.7. The number of carbonyl (C=O) groups excluding carboxylic acids is 1. The average molecular weight is 248 g/mol. The molecule has 18 heavy (non-hydrogen) atoms. The highest BCUT2D eigenvalue weighted by atomic mass is 16.5. The topological polar surface area (TPSA) is 83.8 Å². The number of fused-ring (bicyclic) bond motifs is 1. The zero-order valence-corrected chi connectivity index (χ0v) is 9.77. The van der Waals surface area contributed by atoms with Crippen LogP contribution >= 0.6 is 0 Å². The Morgan fingerprint density at radius 3 is 2.89 bits per heavy atom. The molecule has 0 amide bonds. The molecular weight excluding hydrogens is 236 g/mol. The van der Waals surface area contributed by atoms with Gasteiger partial charge in [-0.2, -0.15) is 0 Å². The Kier molecular flexibility index (Phi) is 3.06. The average Bonchev–Trinajstić information content (AvgIpc) is 2.70. The van der Waals surface area contributed by atoms with Gasteiger partial charge >= 0.3 is 11.9 Å². The van der Waals surface area contributed by atoms with Gasteiger partial charge in [0.15, 0.2) is 0 Å². The molecule has 2 N–H and O–H groups in total. The molecule has 2 rings (SSSR count). The molecule has 1 aromatic rings. The smallest absolute Gasteiger partial charge is 0.342 e. The van der Waals surface area contributed by atoms with E-state index in [2.05, 4.69) is 0 Å². The highest BCUT2D eigenvalue weighted by Crippen LogP contribution is 2.32. The van der Waals surface area contributed by atoms with Crippen molar-refractivity contribution in [2.75, 3.05) is 0 Å². The van der Waals surface area contributed by atoms with Gasteiger partial charge in [-0.3, -0.25) is 0 Å². The summed E-state index contributed by atoms with van der Waals surface area (Å²) in [5.74, 6) is -1.66. The Labute approximate surface area is 103 Å². The molecule has 0 fully saturated rings. The van der Waals surface area contributed by atoms with Crippen molar-refractivity contribution in [2.24, 2.45) is 0 Å². The number of carbonyl (C=O) groups is 2. The number of carboxylic acids is 1. The predicted molar refractivity (Wildman–Crippen MR) is 62.3 cm³/mol. The van der Waals surface area contributed by atoms with Crippen LogP contribution in [0.15, 0.2) is 23.8 Å². The molecule has 1 aliphatic rings. The summed E-state index contributed by atoms with van der Waals surface area (Å²) in [6.45, 7) is 1.65. The van der Waals surface area contributed by atoms with Gasteiger partial charge < -0.3 is 14.9 Å². The Bertz CT molecular complexity index is 557. The number of hydrogen-bond acceptors (Lipinski definition) is 4. The normalized spacial score (nSPS) is 14.3. The Hall–Kier alpha value is -2.30. The fourth-order valence-electron chi connectivity index (χ4n) is 1.75. The number of hydrogen-bond donors (Lipinski definition) is 2.